The van der Waals surface area contributed by atoms with Gasteiger partial charge in [-0.05, 0) is 32.9 Å². The van der Waals surface area contributed by atoms with Crippen LogP contribution in [0.15, 0.2) is 44.9 Å². The number of hydrogen-bond donors (Lipinski definition) is 1. The van der Waals surface area contributed by atoms with Gasteiger partial charge < -0.3 is 9.84 Å². The fourth-order valence-electron chi connectivity index (χ4n) is 1.58. The average Bonchev–Trinajstić information content (AvgIpc) is 2.71. The van der Waals surface area contributed by atoms with Crippen LogP contribution in [0.25, 0.3) is 0 Å². The molecule has 0 saturated heterocycles. The van der Waals surface area contributed by atoms with Gasteiger partial charge in [0.05, 0.1) is 5.57 Å². The molecule has 6 nitrogen and oxygen atoms in total. The fraction of sp³-hybridized carbons (Fsp3) is 0.333. The normalized spacial score (nSPS) is 17.5. The number of allylic oxidation sites excluding steroid dienone is 1. The summed E-state index contributed by atoms with van der Waals surface area (Å²) in [6.07, 6.45) is 3.01. The van der Waals surface area contributed by atoms with E-state index in [1.165, 1.54) is 12.2 Å². The highest BCUT2D eigenvalue weighted by Gasteiger charge is 2.31. The van der Waals surface area contributed by atoms with Crippen LogP contribution in [-0.2, 0) is 14.3 Å². The van der Waals surface area contributed by atoms with Crippen LogP contribution in [0.1, 0.15) is 20.8 Å². The largest absolute Gasteiger partial charge is 0.476 e. The van der Waals surface area contributed by atoms with E-state index in [4.69, 9.17) is 9.84 Å². The van der Waals surface area contributed by atoms with Crippen molar-refractivity contribution in [3.05, 3.63) is 34.7 Å². The molecule has 0 aromatic carbocycles. The second-order valence-electron chi connectivity index (χ2n) is 4.86. The van der Waals surface area contributed by atoms with Crippen LogP contribution in [-0.4, -0.2) is 22.6 Å². The first-order chi connectivity index (χ1) is 8.29. The predicted molar refractivity (Wildman–Crippen MR) is 61.5 cm³/mol. The number of rotatable bonds is 2. The second kappa shape index (κ2) is 3.90. The van der Waals surface area contributed by atoms with Crippen molar-refractivity contribution in [2.75, 3.05) is 0 Å². The van der Waals surface area contributed by atoms with Crippen LogP contribution in [0.5, 0.6) is 0 Å². The summed E-state index contributed by atoms with van der Waals surface area (Å²) in [6, 6.07) is 0. The molecule has 1 N–H and O–H groups in total. The summed E-state index contributed by atoms with van der Waals surface area (Å²) >= 11 is 0. The molecule has 0 fully saturated rings. The average molecular weight is 248 g/mol. The third-order valence-electron chi connectivity index (χ3n) is 2.25. The molecule has 1 heterocycles. The number of carbonyl (C=O) groups excluding carboxylic acids is 1. The highest BCUT2D eigenvalue weighted by Crippen LogP contribution is 2.35. The summed E-state index contributed by atoms with van der Waals surface area (Å²) in [4.78, 5) is 22.7. The Kier molecular flexibility index (Phi) is 2.65. The Morgan fingerprint density at radius 2 is 1.89 bits per heavy atom. The Labute approximate surface area is 103 Å². The van der Waals surface area contributed by atoms with E-state index in [2.05, 4.69) is 10.2 Å². The molecule has 94 valence electrons. The zero-order valence-electron chi connectivity index (χ0n) is 10.2. The zero-order valence-corrected chi connectivity index (χ0v) is 10.2. The van der Waals surface area contributed by atoms with Gasteiger partial charge in [0, 0.05) is 5.57 Å². The molecule has 1 aliphatic heterocycles. The molecule has 0 radical (unpaired) electrons. The SMILES string of the molecule is CC(C)(C)OC(=O)C1=C2N=NC(C(=O)O)=C2C=C1. The molecule has 0 aromatic rings. The van der Waals surface area contributed by atoms with E-state index >= 15 is 0 Å². The van der Waals surface area contributed by atoms with E-state index in [0.717, 1.165) is 0 Å². The topological polar surface area (TPSA) is 88.3 Å². The van der Waals surface area contributed by atoms with Crippen LogP contribution < -0.4 is 0 Å². The minimum Gasteiger partial charge on any atom is -0.476 e. The number of ether oxygens (including phenoxy) is 1. The van der Waals surface area contributed by atoms with Gasteiger partial charge in [0.25, 0.3) is 0 Å². The maximum Gasteiger partial charge on any atom is 0.357 e. The van der Waals surface area contributed by atoms with E-state index < -0.39 is 17.5 Å². The minimum atomic E-state index is -1.17. The predicted octanol–water partition coefficient (Wildman–Crippen LogP) is 1.96. The molecule has 0 amide bonds. The van der Waals surface area contributed by atoms with Crippen molar-refractivity contribution in [2.45, 2.75) is 26.4 Å². The third kappa shape index (κ3) is 2.09. The van der Waals surface area contributed by atoms with Crippen LogP contribution in [0.3, 0.4) is 0 Å². The summed E-state index contributed by atoms with van der Waals surface area (Å²) in [5, 5.41) is 16.1. The maximum absolute atomic E-state index is 11.9. The van der Waals surface area contributed by atoms with Crippen molar-refractivity contribution in [3.63, 3.8) is 0 Å². The van der Waals surface area contributed by atoms with Gasteiger partial charge in [0.2, 0.25) is 0 Å². The lowest BCUT2D eigenvalue weighted by Crippen LogP contribution is -2.24. The monoisotopic (exact) mass is 248 g/mol. The molecule has 0 spiro atoms. The quantitative estimate of drug-likeness (QED) is 0.756. The lowest BCUT2D eigenvalue weighted by Gasteiger charge is -2.19. The van der Waals surface area contributed by atoms with Crippen molar-refractivity contribution >= 4 is 11.9 Å². The minimum absolute atomic E-state index is 0.153. The number of carbonyl (C=O) groups is 2. The fourth-order valence-corrected chi connectivity index (χ4v) is 1.58. The van der Waals surface area contributed by atoms with E-state index in [1.54, 1.807) is 20.8 Å². The number of esters is 1. The molecule has 6 heteroatoms. The number of aliphatic carboxylic acids is 1. The molecule has 0 bridgehead atoms. The summed E-state index contributed by atoms with van der Waals surface area (Å²) < 4.78 is 5.21. The van der Waals surface area contributed by atoms with Gasteiger partial charge in [0.1, 0.15) is 11.3 Å². The van der Waals surface area contributed by atoms with Crippen molar-refractivity contribution in [1.29, 1.82) is 0 Å². The lowest BCUT2D eigenvalue weighted by molar-refractivity contribution is -0.149. The first-order valence-electron chi connectivity index (χ1n) is 5.35. The number of fused-ring (bicyclic) bond motifs is 1. The molecular weight excluding hydrogens is 236 g/mol. The Hall–Kier alpha value is -2.24. The Morgan fingerprint density at radius 3 is 2.44 bits per heavy atom. The first-order valence-corrected chi connectivity index (χ1v) is 5.35. The van der Waals surface area contributed by atoms with E-state index in [0.29, 0.717) is 5.57 Å². The molecule has 0 saturated carbocycles. The maximum atomic E-state index is 11.9. The van der Waals surface area contributed by atoms with Crippen molar-refractivity contribution in [2.24, 2.45) is 10.2 Å². The first kappa shape index (κ1) is 12.2. The number of carboxylic acid groups (broad SMARTS) is 1. The standard InChI is InChI=1S/C12H12N2O4/c1-12(2,3)18-11(17)7-5-4-6-8(7)13-14-9(6)10(15)16/h4-5H,1-3H3,(H,15,16). The Morgan fingerprint density at radius 1 is 1.22 bits per heavy atom. The van der Waals surface area contributed by atoms with Gasteiger partial charge in [-0.2, -0.15) is 0 Å². The van der Waals surface area contributed by atoms with Crippen molar-refractivity contribution in [3.8, 4) is 0 Å². The molecule has 2 aliphatic rings. The third-order valence-corrected chi connectivity index (χ3v) is 2.25. The molecule has 0 atom stereocenters. The highest BCUT2D eigenvalue weighted by atomic mass is 16.6. The molecule has 1 aliphatic carbocycles. The van der Waals surface area contributed by atoms with Gasteiger partial charge in [-0.1, -0.05) is 0 Å². The molecular formula is C12H12N2O4. The van der Waals surface area contributed by atoms with Gasteiger partial charge in [0.15, 0.2) is 5.70 Å². The van der Waals surface area contributed by atoms with Crippen LogP contribution in [0, 0.1) is 0 Å². The van der Waals surface area contributed by atoms with E-state index in [9.17, 15) is 9.59 Å². The van der Waals surface area contributed by atoms with Crippen LogP contribution in [0.4, 0.5) is 0 Å². The molecule has 0 unspecified atom stereocenters. The molecule has 2 rings (SSSR count). The highest BCUT2D eigenvalue weighted by molar-refractivity contribution is 5.98. The second-order valence-corrected chi connectivity index (χ2v) is 4.86. The van der Waals surface area contributed by atoms with Crippen LogP contribution in [0.2, 0.25) is 0 Å². The van der Waals surface area contributed by atoms with E-state index in [1.807, 2.05) is 0 Å². The number of carboxylic acids is 1. The summed E-state index contributed by atoms with van der Waals surface area (Å²) in [7, 11) is 0. The van der Waals surface area contributed by atoms with Crippen molar-refractivity contribution in [1.82, 2.24) is 0 Å². The smallest absolute Gasteiger partial charge is 0.357 e. The van der Waals surface area contributed by atoms with Crippen LogP contribution >= 0.6 is 0 Å². The zero-order chi connectivity index (χ0) is 13.5. The van der Waals surface area contributed by atoms with Crippen molar-refractivity contribution < 1.29 is 19.4 Å². The summed E-state index contributed by atoms with van der Waals surface area (Å²) in [6.45, 7) is 5.26. The summed E-state index contributed by atoms with van der Waals surface area (Å²) in [5.41, 5.74) is 0.0841. The van der Waals surface area contributed by atoms with Gasteiger partial charge >= 0.3 is 11.9 Å². The van der Waals surface area contributed by atoms with E-state index in [-0.39, 0.29) is 17.0 Å². The van der Waals surface area contributed by atoms with Gasteiger partial charge in [-0.15, -0.1) is 10.2 Å². The number of nitrogens with zero attached hydrogens (tertiary/aromatic N) is 2. The number of hydrogen-bond acceptors (Lipinski definition) is 5. The van der Waals surface area contributed by atoms with Gasteiger partial charge in [-0.3, -0.25) is 0 Å². The van der Waals surface area contributed by atoms with Gasteiger partial charge in [-0.25, -0.2) is 9.59 Å². The Balaban J connectivity index is 2.34. The molecule has 0 aromatic heterocycles. The Bertz CT molecular complexity index is 559. The summed E-state index contributed by atoms with van der Waals surface area (Å²) in [5.74, 6) is -1.70. The lowest BCUT2D eigenvalue weighted by atomic mass is 10.1. The molecule has 18 heavy (non-hydrogen) atoms. The number of azo groups is 1.